The Labute approximate surface area is 226 Å². The fourth-order valence-corrected chi connectivity index (χ4v) is 5.08. The van der Waals surface area contributed by atoms with Gasteiger partial charge in [0.2, 0.25) is 0 Å². The van der Waals surface area contributed by atoms with Crippen LogP contribution in [0.2, 0.25) is 0 Å². The number of nitrogens with zero attached hydrogens (tertiary/aromatic N) is 4. The molecule has 0 aliphatic carbocycles. The number of nitrogens with one attached hydrogen (secondary N) is 1. The van der Waals surface area contributed by atoms with Crippen molar-refractivity contribution in [2.45, 2.75) is 18.3 Å². The Hall–Kier alpha value is -2.94. The molecule has 0 aromatic heterocycles. The molecule has 1 aliphatic rings. The van der Waals surface area contributed by atoms with Crippen molar-refractivity contribution in [2.75, 3.05) is 72.1 Å². The number of carbonyl (C=O) groups is 3. The molecular weight excluding hydrogens is 537 g/mol. The third-order valence-corrected chi connectivity index (χ3v) is 7.15. The highest BCUT2D eigenvalue weighted by molar-refractivity contribution is 7.24. The highest BCUT2D eigenvalue weighted by Crippen LogP contribution is 2.21. The first kappa shape index (κ1) is 32.3. The smallest absolute Gasteiger partial charge is 0.317 e. The monoisotopic (exact) mass is 573 g/mol. The number of carboxylic acid groups (broad SMARTS) is 3. The van der Waals surface area contributed by atoms with Crippen LogP contribution in [0.15, 0.2) is 24.3 Å². The molecule has 1 saturated heterocycles. The zero-order chi connectivity index (χ0) is 28.8. The Morgan fingerprint density at radius 3 is 2.15 bits per heavy atom. The molecule has 16 heteroatoms. The van der Waals surface area contributed by atoms with Crippen molar-refractivity contribution in [3.63, 3.8) is 0 Å². The summed E-state index contributed by atoms with van der Waals surface area (Å²) >= 11 is 0. The second kappa shape index (κ2) is 16.9. The van der Waals surface area contributed by atoms with Crippen molar-refractivity contribution in [1.82, 2.24) is 20.0 Å². The van der Waals surface area contributed by atoms with Gasteiger partial charge >= 0.3 is 17.9 Å². The zero-order valence-corrected chi connectivity index (χ0v) is 22.7. The second-order valence-corrected chi connectivity index (χ2v) is 10.1. The summed E-state index contributed by atoms with van der Waals surface area (Å²) in [4.78, 5) is 49.8. The number of nitro groups is 1. The quantitative estimate of drug-likeness (QED) is 0.132. The number of ether oxygens (including phenoxy) is 1. The lowest BCUT2D eigenvalue weighted by molar-refractivity contribution is -0.384. The number of non-ortho nitro benzene ring substituents is 1. The first-order valence-electron chi connectivity index (χ1n) is 12.4. The first-order chi connectivity index (χ1) is 18.6. The van der Waals surface area contributed by atoms with Crippen molar-refractivity contribution in [3.8, 4) is 0 Å². The molecule has 0 amide bonds. The minimum Gasteiger partial charge on any atom is -0.480 e. The summed E-state index contributed by atoms with van der Waals surface area (Å²) in [6, 6.07) is 5.21. The first-order valence-corrected chi connectivity index (χ1v) is 13.6. The van der Waals surface area contributed by atoms with Gasteiger partial charge < -0.3 is 29.9 Å². The molecule has 0 saturated carbocycles. The molecule has 3 unspecified atom stereocenters. The SMILES string of the molecule is O=[PH2]C(OCCc1ccc([N+](=O)[O-])cc1)C1CN(CC(=O)O)CCN(CC(=O)O)CCNCCN1CC(=O)O. The maximum atomic E-state index is 12.4. The average molecular weight is 574 g/mol. The van der Waals surface area contributed by atoms with E-state index >= 15 is 0 Å². The summed E-state index contributed by atoms with van der Waals surface area (Å²) in [7, 11) is -1.55. The van der Waals surface area contributed by atoms with E-state index < -0.39 is 43.2 Å². The maximum Gasteiger partial charge on any atom is 0.317 e. The molecule has 1 fully saturated rings. The van der Waals surface area contributed by atoms with E-state index in [9.17, 15) is 44.4 Å². The molecule has 1 aromatic rings. The highest BCUT2D eigenvalue weighted by Gasteiger charge is 2.32. The number of benzene rings is 1. The minimum absolute atomic E-state index is 0.0396. The van der Waals surface area contributed by atoms with Crippen LogP contribution in [0.1, 0.15) is 5.56 Å². The van der Waals surface area contributed by atoms with E-state index in [0.29, 0.717) is 26.1 Å². The van der Waals surface area contributed by atoms with Gasteiger partial charge in [-0.2, -0.15) is 0 Å². The van der Waals surface area contributed by atoms with Crippen LogP contribution in [0.25, 0.3) is 0 Å². The lowest BCUT2D eigenvalue weighted by Gasteiger charge is -2.38. The molecule has 1 heterocycles. The van der Waals surface area contributed by atoms with Gasteiger partial charge in [-0.25, -0.2) is 0 Å². The van der Waals surface area contributed by atoms with E-state index in [1.807, 2.05) is 0 Å². The molecular formula is C23H36N5O10P. The number of hydrogen-bond acceptors (Lipinski definition) is 11. The van der Waals surface area contributed by atoms with E-state index in [-0.39, 0.29) is 58.1 Å². The number of aliphatic carboxylic acids is 3. The predicted octanol–water partition coefficient (Wildman–Crippen LogP) is -0.632. The van der Waals surface area contributed by atoms with Gasteiger partial charge in [0.25, 0.3) is 5.69 Å². The summed E-state index contributed by atoms with van der Waals surface area (Å²) in [6.07, 6.45) is 0.365. The molecule has 4 N–H and O–H groups in total. The Bertz CT molecular complexity index is 983. The normalized spacial score (nSPS) is 19.7. The molecule has 2 rings (SSSR count). The molecule has 1 aromatic carbocycles. The summed E-state index contributed by atoms with van der Waals surface area (Å²) in [5, 5.41) is 42.3. The number of carboxylic acids is 3. The van der Waals surface area contributed by atoms with E-state index in [2.05, 4.69) is 5.32 Å². The number of rotatable bonds is 13. The van der Waals surface area contributed by atoms with Gasteiger partial charge in [0.1, 0.15) is 5.85 Å². The lowest BCUT2D eigenvalue weighted by atomic mass is 10.1. The van der Waals surface area contributed by atoms with Gasteiger partial charge in [-0.3, -0.25) is 39.2 Å². The number of hydrogen-bond donors (Lipinski definition) is 4. The predicted molar refractivity (Wildman–Crippen MR) is 141 cm³/mol. The van der Waals surface area contributed by atoms with Crippen LogP contribution in [0, 0.1) is 10.1 Å². The van der Waals surface area contributed by atoms with E-state index in [1.165, 1.54) is 12.1 Å². The Balaban J connectivity index is 2.23. The van der Waals surface area contributed by atoms with Crippen LogP contribution < -0.4 is 5.32 Å². The highest BCUT2D eigenvalue weighted by atomic mass is 31.1. The molecule has 0 spiro atoms. The van der Waals surface area contributed by atoms with Crippen LogP contribution in [-0.2, 0) is 30.1 Å². The number of nitro benzene ring substituents is 1. The van der Waals surface area contributed by atoms with Gasteiger partial charge in [0.15, 0.2) is 0 Å². The average Bonchev–Trinajstić information content (AvgIpc) is 2.86. The summed E-state index contributed by atoms with van der Waals surface area (Å²) < 4.78 is 18.3. The van der Waals surface area contributed by atoms with Crippen molar-refractivity contribution in [2.24, 2.45) is 0 Å². The standard InChI is InChI=1S/C23H36N5O10P/c29-20(30)14-25-8-6-24-7-9-27(16-22(33)34)19(13-26(11-10-25)15-21(31)32)23(39-37)38-12-5-17-1-3-18(4-2-17)28(35)36/h1-4,19,23-24H,5-16,39H2,(H,29,30)(H,31,32)(H,33,34). The second-order valence-electron chi connectivity index (χ2n) is 9.13. The molecule has 218 valence electrons. The van der Waals surface area contributed by atoms with Crippen LogP contribution in [0.3, 0.4) is 0 Å². The minimum atomic E-state index is -1.55. The Morgan fingerprint density at radius 2 is 1.56 bits per heavy atom. The fraction of sp³-hybridized carbons (Fsp3) is 0.609. The Kier molecular flexibility index (Phi) is 14.0. The molecule has 0 radical (unpaired) electrons. The van der Waals surface area contributed by atoms with Gasteiger partial charge in [-0.1, -0.05) is 12.1 Å². The molecule has 39 heavy (non-hydrogen) atoms. The van der Waals surface area contributed by atoms with Gasteiger partial charge in [-0.15, -0.1) is 0 Å². The van der Waals surface area contributed by atoms with Crippen molar-refractivity contribution >= 4 is 32.1 Å². The summed E-state index contributed by atoms with van der Waals surface area (Å²) in [5.41, 5.74) is 0.713. The molecule has 1 aliphatic heterocycles. The third-order valence-electron chi connectivity index (χ3n) is 6.24. The van der Waals surface area contributed by atoms with E-state index in [1.54, 1.807) is 26.8 Å². The maximum absolute atomic E-state index is 12.4. The third kappa shape index (κ3) is 12.2. The molecule has 0 bridgehead atoms. The molecule has 15 nitrogen and oxygen atoms in total. The van der Waals surface area contributed by atoms with E-state index in [4.69, 9.17) is 4.74 Å². The van der Waals surface area contributed by atoms with Crippen molar-refractivity contribution in [1.29, 1.82) is 0 Å². The lowest BCUT2D eigenvalue weighted by Crippen LogP contribution is -2.55. The fourth-order valence-electron chi connectivity index (χ4n) is 4.32. The summed E-state index contributed by atoms with van der Waals surface area (Å²) in [6.45, 7) is 1.12. The van der Waals surface area contributed by atoms with Crippen LogP contribution >= 0.6 is 8.46 Å². The zero-order valence-electron chi connectivity index (χ0n) is 21.5. The van der Waals surface area contributed by atoms with E-state index in [0.717, 1.165) is 5.56 Å². The molecule has 3 atom stereocenters. The van der Waals surface area contributed by atoms with Crippen molar-refractivity contribution < 1.29 is 43.9 Å². The van der Waals surface area contributed by atoms with Gasteiger partial charge in [0, 0.05) is 57.9 Å². The summed E-state index contributed by atoms with van der Waals surface area (Å²) in [5.74, 6) is -4.11. The van der Waals surface area contributed by atoms with Crippen LogP contribution in [-0.4, -0.2) is 137 Å². The van der Waals surface area contributed by atoms with Crippen LogP contribution in [0.4, 0.5) is 5.69 Å². The van der Waals surface area contributed by atoms with Crippen molar-refractivity contribution in [3.05, 3.63) is 39.9 Å². The van der Waals surface area contributed by atoms with Crippen LogP contribution in [0.5, 0.6) is 0 Å². The topological polar surface area (TPSA) is 203 Å². The van der Waals surface area contributed by atoms with Gasteiger partial charge in [-0.05, 0) is 12.0 Å². The largest absolute Gasteiger partial charge is 0.480 e. The Morgan fingerprint density at radius 1 is 0.974 bits per heavy atom. The van der Waals surface area contributed by atoms with Gasteiger partial charge in [0.05, 0.1) is 45.7 Å².